The first kappa shape index (κ1) is 24.7. The third-order valence-electron chi connectivity index (χ3n) is 9.86. The molecule has 0 spiro atoms. The summed E-state index contributed by atoms with van der Waals surface area (Å²) in [6, 6.07) is 0. The van der Waals surface area contributed by atoms with Crippen molar-refractivity contribution in [1.82, 2.24) is 0 Å². The molecule has 0 bridgehead atoms. The predicted molar refractivity (Wildman–Crippen MR) is 135 cm³/mol. The molecule has 4 rings (SSSR count). The van der Waals surface area contributed by atoms with Crippen LogP contribution in [0.25, 0.3) is 0 Å². The average Bonchev–Trinajstić information content (AvgIpc) is 3.25. The van der Waals surface area contributed by atoms with Gasteiger partial charge in [-0.1, -0.05) is 65.0 Å². The smallest absolute Gasteiger partial charge is 0.164 e. The van der Waals surface area contributed by atoms with E-state index in [2.05, 4.69) is 52.5 Å². The Balaban J connectivity index is 1.53. The van der Waals surface area contributed by atoms with Crippen LogP contribution in [0.3, 0.4) is 0 Å². The van der Waals surface area contributed by atoms with Crippen molar-refractivity contribution in [1.29, 1.82) is 0 Å². The Bertz CT molecular complexity index is 904. The lowest BCUT2D eigenvalue weighted by molar-refractivity contribution is -0.121. The molecule has 0 aliphatic heterocycles. The summed E-state index contributed by atoms with van der Waals surface area (Å²) in [4.78, 5) is 12.8. The zero-order valence-corrected chi connectivity index (χ0v) is 21.4. The molecular formula is C30H44O3. The standard InChI is InChI=1S/C30H44O3/c1-18(16-23-13-15-29(4,5)28(23)33)24-11-12-25-21(8-7-14-30(24,25)6)9-10-22-17-26(31)20(3)27(32)19(22)2/h9-10,16,18,20,24-27,31-32H,2,7-8,11-15,17H2,1,3-6H3/b21-9+,22-10-,23-16+/t18-,20+,24-,25+,26-,27-,30-/m1/s1. The van der Waals surface area contributed by atoms with Gasteiger partial charge in [0.2, 0.25) is 0 Å². The first-order valence-corrected chi connectivity index (χ1v) is 13.2. The van der Waals surface area contributed by atoms with Crippen LogP contribution >= 0.6 is 0 Å². The number of hydrogen-bond donors (Lipinski definition) is 2. The lowest BCUT2D eigenvalue weighted by atomic mass is 9.61. The molecule has 0 aromatic heterocycles. The highest BCUT2D eigenvalue weighted by Gasteiger charge is 2.50. The summed E-state index contributed by atoms with van der Waals surface area (Å²) in [6.45, 7) is 15.0. The number of hydrogen-bond acceptors (Lipinski definition) is 3. The predicted octanol–water partition coefficient (Wildman–Crippen LogP) is 6.33. The van der Waals surface area contributed by atoms with E-state index in [0.717, 1.165) is 36.0 Å². The van der Waals surface area contributed by atoms with Gasteiger partial charge in [-0.3, -0.25) is 4.79 Å². The Hall–Kier alpha value is -1.45. The molecule has 4 aliphatic rings. The fraction of sp³-hybridized carbons (Fsp3) is 0.700. The third kappa shape index (κ3) is 4.36. The van der Waals surface area contributed by atoms with Crippen molar-refractivity contribution in [2.45, 2.75) is 98.2 Å². The van der Waals surface area contributed by atoms with Crippen molar-refractivity contribution in [3.8, 4) is 0 Å². The first-order valence-electron chi connectivity index (χ1n) is 13.2. The van der Waals surface area contributed by atoms with Crippen LogP contribution in [0.2, 0.25) is 0 Å². The number of aliphatic hydroxyl groups excluding tert-OH is 2. The van der Waals surface area contributed by atoms with E-state index < -0.39 is 12.2 Å². The van der Waals surface area contributed by atoms with Crippen LogP contribution in [0.4, 0.5) is 0 Å². The third-order valence-corrected chi connectivity index (χ3v) is 9.86. The maximum atomic E-state index is 12.8. The lowest BCUT2D eigenvalue weighted by Gasteiger charge is -2.44. The Morgan fingerprint density at radius 3 is 2.45 bits per heavy atom. The van der Waals surface area contributed by atoms with Crippen LogP contribution in [0.1, 0.15) is 86.0 Å². The Kier molecular flexibility index (Phi) is 6.70. The Labute approximate surface area is 200 Å². The molecule has 0 saturated heterocycles. The van der Waals surface area contributed by atoms with Crippen LogP contribution in [-0.4, -0.2) is 28.2 Å². The molecule has 182 valence electrons. The van der Waals surface area contributed by atoms with E-state index in [9.17, 15) is 15.0 Å². The molecule has 33 heavy (non-hydrogen) atoms. The number of ketones is 1. The molecular weight excluding hydrogens is 408 g/mol. The molecule has 3 nitrogen and oxygen atoms in total. The minimum atomic E-state index is -0.664. The second-order valence-corrected chi connectivity index (χ2v) is 12.4. The Morgan fingerprint density at radius 2 is 1.79 bits per heavy atom. The van der Waals surface area contributed by atoms with Crippen LogP contribution in [0.15, 0.2) is 47.1 Å². The molecule has 0 amide bonds. The van der Waals surface area contributed by atoms with E-state index in [1.165, 1.54) is 31.3 Å². The fourth-order valence-corrected chi connectivity index (χ4v) is 7.49. The summed E-state index contributed by atoms with van der Waals surface area (Å²) in [7, 11) is 0. The first-order chi connectivity index (χ1) is 15.5. The van der Waals surface area contributed by atoms with Crippen molar-refractivity contribution < 1.29 is 15.0 Å². The van der Waals surface area contributed by atoms with E-state index >= 15 is 0 Å². The summed E-state index contributed by atoms with van der Waals surface area (Å²) in [5.41, 5.74) is 4.42. The van der Waals surface area contributed by atoms with E-state index in [-0.39, 0.29) is 16.7 Å². The van der Waals surface area contributed by atoms with Gasteiger partial charge >= 0.3 is 0 Å². The van der Waals surface area contributed by atoms with Gasteiger partial charge in [0.05, 0.1) is 12.2 Å². The number of rotatable bonds is 3. The number of carbonyl (C=O) groups excluding carboxylic acids is 1. The quantitative estimate of drug-likeness (QED) is 0.492. The van der Waals surface area contributed by atoms with Crippen LogP contribution in [0.5, 0.6) is 0 Å². The fourth-order valence-electron chi connectivity index (χ4n) is 7.49. The van der Waals surface area contributed by atoms with Gasteiger partial charge < -0.3 is 10.2 Å². The van der Waals surface area contributed by atoms with Crippen LogP contribution in [-0.2, 0) is 4.79 Å². The van der Waals surface area contributed by atoms with Gasteiger partial charge in [-0.05, 0) is 91.3 Å². The second-order valence-electron chi connectivity index (χ2n) is 12.4. The largest absolute Gasteiger partial charge is 0.392 e. The molecule has 4 fully saturated rings. The zero-order valence-electron chi connectivity index (χ0n) is 21.4. The maximum Gasteiger partial charge on any atom is 0.164 e. The molecule has 4 aliphatic carbocycles. The van der Waals surface area contributed by atoms with Gasteiger partial charge in [-0.15, -0.1) is 0 Å². The van der Waals surface area contributed by atoms with E-state index in [0.29, 0.717) is 30.0 Å². The van der Waals surface area contributed by atoms with Gasteiger partial charge in [-0.2, -0.15) is 0 Å². The molecule has 0 radical (unpaired) electrons. The maximum absolute atomic E-state index is 12.8. The van der Waals surface area contributed by atoms with Crippen molar-refractivity contribution in [2.24, 2.45) is 34.5 Å². The molecule has 0 aromatic carbocycles. The monoisotopic (exact) mass is 452 g/mol. The van der Waals surface area contributed by atoms with Crippen LogP contribution < -0.4 is 0 Å². The van der Waals surface area contributed by atoms with Gasteiger partial charge in [0.1, 0.15) is 0 Å². The highest BCUT2D eigenvalue weighted by molar-refractivity contribution is 6.01. The molecule has 3 heteroatoms. The number of aliphatic hydroxyl groups is 2. The van der Waals surface area contributed by atoms with E-state index in [1.807, 2.05) is 6.92 Å². The number of fused-ring (bicyclic) bond motifs is 1. The highest BCUT2D eigenvalue weighted by Crippen LogP contribution is 2.60. The van der Waals surface area contributed by atoms with E-state index in [1.54, 1.807) is 0 Å². The number of Topliss-reactive ketones (excluding diaryl/α,β-unsaturated/α-hetero) is 1. The normalized spacial score (nSPS) is 43.5. The van der Waals surface area contributed by atoms with Crippen molar-refractivity contribution in [3.63, 3.8) is 0 Å². The summed E-state index contributed by atoms with van der Waals surface area (Å²) < 4.78 is 0. The summed E-state index contributed by atoms with van der Waals surface area (Å²) >= 11 is 0. The number of carbonyl (C=O) groups is 1. The van der Waals surface area contributed by atoms with E-state index in [4.69, 9.17) is 0 Å². The molecule has 0 aromatic rings. The van der Waals surface area contributed by atoms with Gasteiger partial charge in [0.25, 0.3) is 0 Å². The van der Waals surface area contributed by atoms with Crippen molar-refractivity contribution >= 4 is 5.78 Å². The van der Waals surface area contributed by atoms with Crippen LogP contribution in [0, 0.1) is 34.5 Å². The second kappa shape index (κ2) is 8.96. The molecule has 7 atom stereocenters. The topological polar surface area (TPSA) is 57.5 Å². The SMILES string of the molecule is C=C1/C(=C\C=C2/CCC[C@]3(C)[C@@H]([C@H](C)/C=C4\CCC(C)(C)C4=O)CC[C@@H]23)C[C@@H](O)[C@H](C)[C@@H]1O. The van der Waals surface area contributed by atoms with Gasteiger partial charge in [0.15, 0.2) is 5.78 Å². The summed E-state index contributed by atoms with van der Waals surface area (Å²) in [5.74, 6) is 1.81. The molecule has 4 saturated carbocycles. The highest BCUT2D eigenvalue weighted by atomic mass is 16.3. The Morgan fingerprint density at radius 1 is 1.06 bits per heavy atom. The summed E-state index contributed by atoms with van der Waals surface area (Å²) in [6.07, 6.45) is 14.1. The molecule has 2 N–H and O–H groups in total. The number of allylic oxidation sites excluding steroid dienone is 5. The summed E-state index contributed by atoms with van der Waals surface area (Å²) in [5, 5.41) is 20.8. The lowest BCUT2D eigenvalue weighted by Crippen LogP contribution is -2.36. The van der Waals surface area contributed by atoms with Crippen molar-refractivity contribution in [3.05, 3.63) is 47.1 Å². The van der Waals surface area contributed by atoms with Crippen molar-refractivity contribution in [2.75, 3.05) is 0 Å². The molecule has 0 unspecified atom stereocenters. The minimum Gasteiger partial charge on any atom is -0.392 e. The average molecular weight is 453 g/mol. The molecule has 0 heterocycles. The van der Waals surface area contributed by atoms with Gasteiger partial charge in [-0.25, -0.2) is 0 Å². The van der Waals surface area contributed by atoms with Gasteiger partial charge in [0, 0.05) is 11.3 Å². The minimum absolute atomic E-state index is 0.163. The zero-order chi connectivity index (χ0) is 24.1.